The molecule has 0 fully saturated rings. The van der Waals surface area contributed by atoms with Gasteiger partial charge in [0.15, 0.2) is 5.13 Å². The molecule has 0 radical (unpaired) electrons. The number of thioether (sulfide) groups is 1. The average Bonchev–Trinajstić information content (AvgIpc) is 3.60. The van der Waals surface area contributed by atoms with Gasteiger partial charge in [-0.3, -0.25) is 14.4 Å². The van der Waals surface area contributed by atoms with Crippen LogP contribution in [0, 0.1) is 0 Å². The number of hydrogen-bond donors (Lipinski definition) is 3. The van der Waals surface area contributed by atoms with E-state index in [2.05, 4.69) is 45.2 Å². The number of nitrogens with zero attached hydrogens (tertiary/aromatic N) is 1. The minimum absolute atomic E-state index is 0.0575. The van der Waals surface area contributed by atoms with E-state index in [0.717, 1.165) is 26.9 Å². The number of thiazole rings is 1. The summed E-state index contributed by atoms with van der Waals surface area (Å²) in [5, 5.41) is 13.3. The first kappa shape index (κ1) is 33.2. The van der Waals surface area contributed by atoms with E-state index in [1.54, 1.807) is 48.5 Å². The Morgan fingerprint density at radius 2 is 1.55 bits per heavy atom. The number of nitrogens with one attached hydrogen (secondary N) is 3. The van der Waals surface area contributed by atoms with Gasteiger partial charge in [-0.15, -0.1) is 23.1 Å². The molecule has 6 rings (SSSR count). The molecule has 0 saturated heterocycles. The molecule has 10 heteroatoms. The van der Waals surface area contributed by atoms with Gasteiger partial charge in [0.05, 0.1) is 18.1 Å². The van der Waals surface area contributed by atoms with Crippen molar-refractivity contribution in [1.29, 1.82) is 0 Å². The van der Waals surface area contributed by atoms with Crippen molar-refractivity contribution in [3.05, 3.63) is 144 Å². The normalized spacial score (nSPS) is 11.2. The smallest absolute Gasteiger partial charge is 0.272 e. The van der Waals surface area contributed by atoms with Gasteiger partial charge in [0.25, 0.3) is 11.8 Å². The molecule has 1 heterocycles. The fraction of sp³-hybridized carbons (Fsp3) is 0.0769. The summed E-state index contributed by atoms with van der Waals surface area (Å²) in [6, 6.07) is 37.5. The number of aromatic nitrogens is 1. The number of carbonyl (C=O) groups excluding carboxylic acids is 3. The van der Waals surface area contributed by atoms with E-state index in [1.807, 2.05) is 66.9 Å². The number of fused-ring (bicyclic) bond motifs is 1. The monoisotopic (exact) mass is 684 g/mol. The SMILES string of the molecule is CCOc1ccccc1/C=C(\NC(=O)c1ccccc1)C(=O)Nc1ccc(SCC(=O)Nc2nc(-c3ccc4ccccc4c3)cs2)cc1. The summed E-state index contributed by atoms with van der Waals surface area (Å²) in [6.07, 6.45) is 1.59. The molecule has 5 aromatic carbocycles. The van der Waals surface area contributed by atoms with Gasteiger partial charge in [0.2, 0.25) is 5.91 Å². The van der Waals surface area contributed by atoms with E-state index < -0.39 is 11.8 Å². The summed E-state index contributed by atoms with van der Waals surface area (Å²) in [5.74, 6) is -0.299. The highest BCUT2D eigenvalue weighted by Crippen LogP contribution is 2.28. The Hall–Kier alpha value is -5.71. The van der Waals surface area contributed by atoms with E-state index in [1.165, 1.54) is 23.1 Å². The summed E-state index contributed by atoms with van der Waals surface area (Å²) in [5.41, 5.74) is 3.46. The van der Waals surface area contributed by atoms with Gasteiger partial charge >= 0.3 is 0 Å². The number of ether oxygens (including phenoxy) is 1. The van der Waals surface area contributed by atoms with Crippen molar-refractivity contribution in [2.45, 2.75) is 11.8 Å². The van der Waals surface area contributed by atoms with Crippen molar-refractivity contribution in [1.82, 2.24) is 10.3 Å². The maximum absolute atomic E-state index is 13.5. The number of anilines is 2. The molecule has 3 amide bonds. The molecule has 0 aliphatic heterocycles. The topological polar surface area (TPSA) is 109 Å². The predicted octanol–water partition coefficient (Wildman–Crippen LogP) is 8.50. The fourth-order valence-electron chi connectivity index (χ4n) is 4.93. The molecule has 0 unspecified atom stereocenters. The van der Waals surface area contributed by atoms with Crippen molar-refractivity contribution in [3.8, 4) is 17.0 Å². The first-order chi connectivity index (χ1) is 23.9. The molecule has 0 saturated carbocycles. The van der Waals surface area contributed by atoms with Crippen LogP contribution in [-0.4, -0.2) is 35.1 Å². The molecular formula is C39H32N4O4S2. The van der Waals surface area contributed by atoms with Crippen molar-refractivity contribution < 1.29 is 19.1 Å². The number of hydrogen-bond acceptors (Lipinski definition) is 7. The zero-order valence-electron chi connectivity index (χ0n) is 26.5. The van der Waals surface area contributed by atoms with Crippen LogP contribution >= 0.6 is 23.1 Å². The number of rotatable bonds is 12. The molecule has 0 aliphatic rings. The maximum atomic E-state index is 13.5. The van der Waals surface area contributed by atoms with Gasteiger partial charge in [0.1, 0.15) is 11.4 Å². The quantitative estimate of drug-likeness (QED) is 0.0881. The van der Waals surface area contributed by atoms with E-state index in [-0.39, 0.29) is 17.4 Å². The van der Waals surface area contributed by atoms with Crippen LogP contribution < -0.4 is 20.7 Å². The lowest BCUT2D eigenvalue weighted by molar-refractivity contribution is -0.114. The second kappa shape index (κ2) is 15.9. The van der Waals surface area contributed by atoms with Gasteiger partial charge < -0.3 is 20.7 Å². The summed E-state index contributed by atoms with van der Waals surface area (Å²) in [7, 11) is 0. The van der Waals surface area contributed by atoms with Crippen molar-refractivity contribution in [3.63, 3.8) is 0 Å². The van der Waals surface area contributed by atoms with E-state index in [0.29, 0.717) is 34.3 Å². The van der Waals surface area contributed by atoms with Crippen LogP contribution in [0.15, 0.2) is 137 Å². The predicted molar refractivity (Wildman–Crippen MR) is 199 cm³/mol. The number of amides is 3. The molecule has 0 aliphatic carbocycles. The third kappa shape index (κ3) is 8.81. The fourth-order valence-corrected chi connectivity index (χ4v) is 6.37. The maximum Gasteiger partial charge on any atom is 0.272 e. The minimum atomic E-state index is -0.498. The molecule has 49 heavy (non-hydrogen) atoms. The zero-order chi connectivity index (χ0) is 34.0. The second-order valence-electron chi connectivity index (χ2n) is 10.8. The summed E-state index contributed by atoms with van der Waals surface area (Å²) >= 11 is 2.76. The van der Waals surface area contributed by atoms with Gasteiger partial charge in [-0.05, 0) is 72.3 Å². The van der Waals surface area contributed by atoms with Crippen LogP contribution in [0.5, 0.6) is 5.75 Å². The van der Waals surface area contributed by atoms with Crippen LogP contribution in [0.4, 0.5) is 10.8 Å². The zero-order valence-corrected chi connectivity index (χ0v) is 28.1. The molecular weight excluding hydrogens is 653 g/mol. The second-order valence-corrected chi connectivity index (χ2v) is 12.7. The van der Waals surface area contributed by atoms with Crippen LogP contribution in [-0.2, 0) is 9.59 Å². The minimum Gasteiger partial charge on any atom is -0.493 e. The number of benzene rings is 5. The standard InChI is InChI=1S/C39H32N4O4S2/c1-2-47-35-15-9-8-14-30(35)23-33(41-37(45)27-11-4-3-5-12-27)38(46)40-31-18-20-32(21-19-31)48-25-36(44)43-39-42-34(24-49-39)29-17-16-26-10-6-7-13-28(26)22-29/h3-24H,2,25H2,1H3,(H,40,46)(H,41,45)(H,42,43,44)/b33-23-. The van der Waals surface area contributed by atoms with Crippen molar-refractivity contribution in [2.24, 2.45) is 0 Å². The average molecular weight is 685 g/mol. The molecule has 1 aromatic heterocycles. The van der Waals surface area contributed by atoms with Crippen LogP contribution in [0.25, 0.3) is 28.1 Å². The first-order valence-corrected chi connectivity index (χ1v) is 17.4. The molecule has 8 nitrogen and oxygen atoms in total. The Balaban J connectivity index is 1.07. The van der Waals surface area contributed by atoms with Crippen LogP contribution in [0.2, 0.25) is 0 Å². The third-order valence-electron chi connectivity index (χ3n) is 7.33. The van der Waals surface area contributed by atoms with Crippen LogP contribution in [0.3, 0.4) is 0 Å². The van der Waals surface area contributed by atoms with Crippen molar-refractivity contribution >= 4 is 68.5 Å². The molecule has 0 spiro atoms. The van der Waals surface area contributed by atoms with E-state index >= 15 is 0 Å². The van der Waals surface area contributed by atoms with E-state index in [4.69, 9.17) is 4.74 Å². The molecule has 0 bridgehead atoms. The Morgan fingerprint density at radius 1 is 0.816 bits per heavy atom. The Kier molecular flexibility index (Phi) is 10.8. The highest BCUT2D eigenvalue weighted by molar-refractivity contribution is 8.00. The Morgan fingerprint density at radius 3 is 2.35 bits per heavy atom. The summed E-state index contributed by atoms with van der Waals surface area (Å²) in [4.78, 5) is 44.7. The number of para-hydroxylation sites is 1. The van der Waals surface area contributed by atoms with Crippen LogP contribution in [0.1, 0.15) is 22.8 Å². The van der Waals surface area contributed by atoms with Gasteiger partial charge in [-0.1, -0.05) is 72.8 Å². The highest BCUT2D eigenvalue weighted by atomic mass is 32.2. The lowest BCUT2D eigenvalue weighted by Gasteiger charge is -2.13. The van der Waals surface area contributed by atoms with Crippen molar-refractivity contribution in [2.75, 3.05) is 23.0 Å². The Labute approximate surface area is 292 Å². The summed E-state index contributed by atoms with van der Waals surface area (Å²) in [6.45, 7) is 2.33. The van der Waals surface area contributed by atoms with Gasteiger partial charge in [0, 0.05) is 32.7 Å². The molecule has 3 N–H and O–H groups in total. The molecule has 6 aromatic rings. The molecule has 0 atom stereocenters. The third-order valence-corrected chi connectivity index (χ3v) is 9.10. The lowest BCUT2D eigenvalue weighted by Crippen LogP contribution is -2.30. The lowest BCUT2D eigenvalue weighted by atomic mass is 10.1. The number of carbonyl (C=O) groups is 3. The van der Waals surface area contributed by atoms with E-state index in [9.17, 15) is 14.4 Å². The largest absolute Gasteiger partial charge is 0.493 e. The van der Waals surface area contributed by atoms with Gasteiger partial charge in [-0.25, -0.2) is 4.98 Å². The Bertz CT molecular complexity index is 2130. The summed E-state index contributed by atoms with van der Waals surface area (Å²) < 4.78 is 5.72. The van der Waals surface area contributed by atoms with Gasteiger partial charge in [-0.2, -0.15) is 0 Å². The molecule has 244 valence electrons. The first-order valence-electron chi connectivity index (χ1n) is 15.5. The highest BCUT2D eigenvalue weighted by Gasteiger charge is 2.17.